The van der Waals surface area contributed by atoms with Gasteiger partial charge in [-0.25, -0.2) is 8.42 Å². The zero-order chi connectivity index (χ0) is 18.1. The number of para-hydroxylation sites is 1. The normalized spacial score (nSPS) is 18.2. The first-order chi connectivity index (χ1) is 12.6. The van der Waals surface area contributed by atoms with Gasteiger partial charge in [-0.3, -0.25) is 4.79 Å². The third-order valence-electron chi connectivity index (χ3n) is 4.75. The fourth-order valence-electron chi connectivity index (χ4n) is 3.33. The van der Waals surface area contributed by atoms with Gasteiger partial charge in [-0.1, -0.05) is 36.7 Å². The van der Waals surface area contributed by atoms with E-state index in [1.807, 2.05) is 24.3 Å². The number of hydrogen-bond donors (Lipinski definition) is 1. The molecule has 1 fully saturated rings. The Morgan fingerprint density at radius 1 is 0.923 bits per heavy atom. The molecule has 2 aliphatic rings. The van der Waals surface area contributed by atoms with Crippen molar-refractivity contribution in [3.63, 3.8) is 0 Å². The maximum Gasteiger partial charge on any atom is 0.256 e. The molecule has 2 heterocycles. The van der Waals surface area contributed by atoms with Gasteiger partial charge in [0.1, 0.15) is 0 Å². The minimum Gasteiger partial charge on any atom is -0.321 e. The minimum absolute atomic E-state index is 0.194. The Balaban J connectivity index is 1.71. The van der Waals surface area contributed by atoms with Crippen molar-refractivity contribution in [1.82, 2.24) is 4.31 Å². The summed E-state index contributed by atoms with van der Waals surface area (Å²) in [6.07, 6.45) is 3.90. The summed E-state index contributed by atoms with van der Waals surface area (Å²) in [5, 5.41) is 2.88. The van der Waals surface area contributed by atoms with E-state index in [2.05, 4.69) is 5.32 Å². The molecule has 2 aliphatic heterocycles. The first kappa shape index (κ1) is 17.6. The SMILES string of the molecule is O=C1Nc2ccccc2Sc2ccc(S(=O)(=O)N3CCCCCC3)cc21. The van der Waals surface area contributed by atoms with E-state index in [1.54, 1.807) is 16.4 Å². The maximum atomic E-state index is 13.0. The molecule has 26 heavy (non-hydrogen) atoms. The average molecular weight is 389 g/mol. The van der Waals surface area contributed by atoms with Gasteiger partial charge in [0.15, 0.2) is 0 Å². The van der Waals surface area contributed by atoms with Crippen LogP contribution in [0, 0.1) is 0 Å². The van der Waals surface area contributed by atoms with Crippen LogP contribution in [-0.4, -0.2) is 31.7 Å². The van der Waals surface area contributed by atoms with Gasteiger partial charge in [0, 0.05) is 22.9 Å². The van der Waals surface area contributed by atoms with Crippen molar-refractivity contribution in [2.75, 3.05) is 18.4 Å². The quantitative estimate of drug-likeness (QED) is 0.845. The third kappa shape index (κ3) is 3.26. The molecule has 0 unspecified atom stereocenters. The highest BCUT2D eigenvalue weighted by Crippen LogP contribution is 2.39. The summed E-state index contributed by atoms with van der Waals surface area (Å²) in [7, 11) is -3.58. The monoisotopic (exact) mass is 388 g/mol. The lowest BCUT2D eigenvalue weighted by molar-refractivity contribution is 0.102. The molecule has 0 radical (unpaired) electrons. The van der Waals surface area contributed by atoms with E-state index < -0.39 is 10.0 Å². The number of fused-ring (bicyclic) bond motifs is 2. The van der Waals surface area contributed by atoms with Gasteiger partial charge in [0.05, 0.1) is 16.1 Å². The molecule has 7 heteroatoms. The highest BCUT2D eigenvalue weighted by molar-refractivity contribution is 7.99. The number of nitrogens with zero attached hydrogens (tertiary/aromatic N) is 1. The smallest absolute Gasteiger partial charge is 0.256 e. The molecule has 136 valence electrons. The zero-order valence-corrected chi connectivity index (χ0v) is 15.9. The number of sulfonamides is 1. The van der Waals surface area contributed by atoms with E-state index in [0.717, 1.165) is 41.2 Å². The summed E-state index contributed by atoms with van der Waals surface area (Å²) in [5.74, 6) is -0.273. The number of nitrogens with one attached hydrogen (secondary N) is 1. The molecule has 2 aromatic carbocycles. The van der Waals surface area contributed by atoms with Gasteiger partial charge >= 0.3 is 0 Å². The molecule has 1 amide bonds. The van der Waals surface area contributed by atoms with Gasteiger partial charge < -0.3 is 5.32 Å². The van der Waals surface area contributed by atoms with Gasteiger partial charge in [-0.05, 0) is 43.2 Å². The van der Waals surface area contributed by atoms with Crippen molar-refractivity contribution in [1.29, 1.82) is 0 Å². The Morgan fingerprint density at radius 3 is 2.42 bits per heavy atom. The first-order valence-electron chi connectivity index (χ1n) is 8.78. The predicted molar refractivity (Wildman–Crippen MR) is 102 cm³/mol. The van der Waals surface area contributed by atoms with Crippen LogP contribution in [0.2, 0.25) is 0 Å². The third-order valence-corrected chi connectivity index (χ3v) is 7.80. The second-order valence-corrected chi connectivity index (χ2v) is 9.55. The lowest BCUT2D eigenvalue weighted by Gasteiger charge is -2.20. The summed E-state index contributed by atoms with van der Waals surface area (Å²) < 4.78 is 27.6. The molecule has 0 bridgehead atoms. The summed E-state index contributed by atoms with van der Waals surface area (Å²) in [6, 6.07) is 12.5. The van der Waals surface area contributed by atoms with Crippen molar-refractivity contribution in [2.45, 2.75) is 40.4 Å². The molecule has 0 atom stereocenters. The molecule has 4 rings (SSSR count). The van der Waals surface area contributed by atoms with Crippen LogP contribution < -0.4 is 5.32 Å². The van der Waals surface area contributed by atoms with Crippen molar-refractivity contribution >= 4 is 33.4 Å². The lowest BCUT2D eigenvalue weighted by Crippen LogP contribution is -2.32. The van der Waals surface area contributed by atoms with Crippen molar-refractivity contribution in [3.05, 3.63) is 48.0 Å². The number of carbonyl (C=O) groups is 1. The summed E-state index contributed by atoms with van der Waals surface area (Å²) in [4.78, 5) is 14.6. The summed E-state index contributed by atoms with van der Waals surface area (Å²) in [6.45, 7) is 1.09. The first-order valence-corrected chi connectivity index (χ1v) is 11.0. The van der Waals surface area contributed by atoms with Crippen LogP contribution in [0.25, 0.3) is 0 Å². The summed E-state index contributed by atoms with van der Waals surface area (Å²) in [5.41, 5.74) is 1.15. The number of amides is 1. The minimum atomic E-state index is -3.58. The van der Waals surface area contributed by atoms with Crippen LogP contribution in [-0.2, 0) is 10.0 Å². The topological polar surface area (TPSA) is 66.5 Å². The number of hydrogen-bond acceptors (Lipinski definition) is 4. The molecule has 0 aromatic heterocycles. The van der Waals surface area contributed by atoms with E-state index in [4.69, 9.17) is 0 Å². The van der Waals surface area contributed by atoms with Crippen molar-refractivity contribution < 1.29 is 13.2 Å². The average Bonchev–Trinajstić information content (AvgIpc) is 2.99. The highest BCUT2D eigenvalue weighted by Gasteiger charge is 2.28. The molecule has 0 aliphatic carbocycles. The van der Waals surface area contributed by atoms with Gasteiger partial charge in [0.2, 0.25) is 10.0 Å². The maximum absolute atomic E-state index is 13.0. The number of carbonyl (C=O) groups excluding carboxylic acids is 1. The van der Waals surface area contributed by atoms with E-state index in [9.17, 15) is 13.2 Å². The van der Waals surface area contributed by atoms with Crippen molar-refractivity contribution in [3.8, 4) is 0 Å². The van der Waals surface area contributed by atoms with Gasteiger partial charge in [0.25, 0.3) is 5.91 Å². The van der Waals surface area contributed by atoms with Crippen molar-refractivity contribution in [2.24, 2.45) is 0 Å². The highest BCUT2D eigenvalue weighted by atomic mass is 32.2. The molecule has 0 spiro atoms. The van der Waals surface area contributed by atoms with Crippen LogP contribution in [0.15, 0.2) is 57.2 Å². The van der Waals surface area contributed by atoms with E-state index >= 15 is 0 Å². The number of benzene rings is 2. The molecule has 1 saturated heterocycles. The Hall–Kier alpha value is -1.83. The zero-order valence-electron chi connectivity index (χ0n) is 14.3. The number of rotatable bonds is 2. The van der Waals surface area contributed by atoms with E-state index in [1.165, 1.54) is 17.8 Å². The Labute approximate surface area is 157 Å². The molecule has 0 saturated carbocycles. The lowest BCUT2D eigenvalue weighted by atomic mass is 10.2. The van der Waals surface area contributed by atoms with E-state index in [-0.39, 0.29) is 10.8 Å². The Kier molecular flexibility index (Phi) is 4.77. The molecular formula is C19H20N2O3S2. The largest absolute Gasteiger partial charge is 0.321 e. The van der Waals surface area contributed by atoms with Crippen LogP contribution in [0.1, 0.15) is 36.0 Å². The molecule has 1 N–H and O–H groups in total. The second-order valence-electron chi connectivity index (χ2n) is 6.53. The summed E-state index contributed by atoms with van der Waals surface area (Å²) >= 11 is 1.47. The molecular weight excluding hydrogens is 368 g/mol. The van der Waals surface area contributed by atoms with Crippen LogP contribution in [0.3, 0.4) is 0 Å². The van der Waals surface area contributed by atoms with Crippen LogP contribution in [0.4, 0.5) is 5.69 Å². The predicted octanol–water partition coefficient (Wildman–Crippen LogP) is 3.97. The molecule has 2 aromatic rings. The Bertz CT molecular complexity index is 949. The second kappa shape index (κ2) is 7.06. The fraction of sp³-hybridized carbons (Fsp3) is 0.316. The van der Waals surface area contributed by atoms with Crippen LogP contribution >= 0.6 is 11.8 Å². The standard InChI is InChI=1S/C19H20N2O3S2/c22-19-15-13-14(26(23,24)21-11-5-1-2-6-12-21)9-10-17(15)25-18-8-4-3-7-16(18)20-19/h3-4,7-10,13H,1-2,5-6,11-12H2,(H,20,22). The fourth-order valence-corrected chi connectivity index (χ4v) is 5.89. The molecule has 5 nitrogen and oxygen atoms in total. The van der Waals surface area contributed by atoms with Gasteiger partial charge in [-0.2, -0.15) is 4.31 Å². The Morgan fingerprint density at radius 2 is 1.65 bits per heavy atom. The number of anilines is 1. The van der Waals surface area contributed by atoms with Gasteiger partial charge in [-0.15, -0.1) is 0 Å². The van der Waals surface area contributed by atoms with Crippen LogP contribution in [0.5, 0.6) is 0 Å². The van der Waals surface area contributed by atoms with E-state index in [0.29, 0.717) is 18.7 Å².